The molecule has 0 amide bonds. The summed E-state index contributed by atoms with van der Waals surface area (Å²) in [7, 11) is 0. The second kappa shape index (κ2) is 19.7. The zero-order chi connectivity index (χ0) is 31.0. The Balaban J connectivity index is 1.76. The van der Waals surface area contributed by atoms with Gasteiger partial charge in [0.25, 0.3) is 0 Å². The molecule has 0 saturated carbocycles. The lowest BCUT2D eigenvalue weighted by atomic mass is 9.94. The van der Waals surface area contributed by atoms with E-state index in [1.54, 1.807) is 12.2 Å². The molecule has 2 aliphatic heterocycles. The first-order valence-corrected chi connectivity index (χ1v) is 16.7. The minimum absolute atomic E-state index is 0.0602. The molecular weight excluding hydrogens is 536 g/mol. The van der Waals surface area contributed by atoms with E-state index < -0.39 is 35.8 Å². The van der Waals surface area contributed by atoms with Crippen LogP contribution in [0.1, 0.15) is 137 Å². The lowest BCUT2D eigenvalue weighted by Gasteiger charge is -2.35. The van der Waals surface area contributed by atoms with Gasteiger partial charge in [-0.05, 0) is 78.2 Å². The highest BCUT2D eigenvalue weighted by molar-refractivity contribution is 5.75. The normalized spacial score (nSPS) is 26.3. The maximum atomic E-state index is 11.9. The molecule has 0 aromatic heterocycles. The number of hydrogen-bond acceptors (Lipinski definition) is 8. The summed E-state index contributed by atoms with van der Waals surface area (Å²) in [6.07, 6.45) is 16.5. The number of aliphatic hydroxyl groups excluding tert-OH is 2. The van der Waals surface area contributed by atoms with E-state index in [1.807, 2.05) is 20.8 Å². The van der Waals surface area contributed by atoms with Crippen LogP contribution in [0.4, 0.5) is 0 Å². The Morgan fingerprint density at radius 3 is 2.17 bits per heavy atom. The lowest BCUT2D eigenvalue weighted by Crippen LogP contribution is -2.43. The quantitative estimate of drug-likeness (QED) is 0.0977. The molecular formula is C34H60O8. The van der Waals surface area contributed by atoms with E-state index in [4.69, 9.17) is 18.9 Å². The van der Waals surface area contributed by atoms with Gasteiger partial charge in [-0.3, -0.25) is 9.59 Å². The Bertz CT molecular complexity index is 791. The highest BCUT2D eigenvalue weighted by atomic mass is 16.6. The second-order valence-electron chi connectivity index (χ2n) is 13.3. The van der Waals surface area contributed by atoms with Crippen molar-refractivity contribution in [3.05, 3.63) is 12.2 Å². The minimum Gasteiger partial charge on any atom is -0.465 e. The Morgan fingerprint density at radius 2 is 1.50 bits per heavy atom. The van der Waals surface area contributed by atoms with Crippen LogP contribution in [0.15, 0.2) is 12.2 Å². The van der Waals surface area contributed by atoms with Gasteiger partial charge in [0.2, 0.25) is 0 Å². The Morgan fingerprint density at radius 1 is 0.857 bits per heavy atom. The molecule has 7 atom stereocenters. The van der Waals surface area contributed by atoms with Crippen molar-refractivity contribution in [3.63, 3.8) is 0 Å². The van der Waals surface area contributed by atoms with Crippen LogP contribution >= 0.6 is 0 Å². The Labute approximate surface area is 254 Å². The van der Waals surface area contributed by atoms with Crippen molar-refractivity contribution in [2.24, 2.45) is 5.41 Å². The van der Waals surface area contributed by atoms with E-state index in [-0.39, 0.29) is 24.3 Å². The number of hydrogen-bond donors (Lipinski definition) is 2. The number of unbranched alkanes of at least 4 members (excludes halogenated alkanes) is 8. The van der Waals surface area contributed by atoms with E-state index in [9.17, 15) is 19.8 Å². The van der Waals surface area contributed by atoms with Gasteiger partial charge >= 0.3 is 11.9 Å². The van der Waals surface area contributed by atoms with Crippen molar-refractivity contribution in [1.82, 2.24) is 0 Å². The van der Waals surface area contributed by atoms with Gasteiger partial charge in [0.05, 0.1) is 48.6 Å². The number of carbonyl (C=O) groups is 2. The lowest BCUT2D eigenvalue weighted by molar-refractivity contribution is -0.153. The van der Waals surface area contributed by atoms with Crippen LogP contribution in [-0.4, -0.2) is 71.5 Å². The molecule has 244 valence electrons. The summed E-state index contributed by atoms with van der Waals surface area (Å²) >= 11 is 0. The predicted molar refractivity (Wildman–Crippen MR) is 164 cm³/mol. The van der Waals surface area contributed by atoms with Crippen LogP contribution in [0, 0.1) is 5.41 Å². The van der Waals surface area contributed by atoms with Gasteiger partial charge in [-0.1, -0.05) is 64.4 Å². The number of esters is 2. The van der Waals surface area contributed by atoms with Crippen molar-refractivity contribution in [1.29, 1.82) is 0 Å². The highest BCUT2D eigenvalue weighted by Gasteiger charge is 2.35. The summed E-state index contributed by atoms with van der Waals surface area (Å²) in [6.45, 7) is 9.55. The fourth-order valence-electron chi connectivity index (χ4n) is 5.72. The molecule has 2 saturated heterocycles. The summed E-state index contributed by atoms with van der Waals surface area (Å²) in [5, 5.41) is 21.4. The molecule has 2 aliphatic rings. The van der Waals surface area contributed by atoms with Crippen molar-refractivity contribution in [2.45, 2.75) is 180 Å². The molecule has 42 heavy (non-hydrogen) atoms. The monoisotopic (exact) mass is 596 g/mol. The standard InChI is InChI=1S/C34H60O8/c1-6-7-8-9-10-11-12-13-17-29-27(36)19-22-30(42-29)28(37)20-23-31(40-25(2)35)32-21-18-26(41-32)16-14-15-24-39-33(38)34(3,4)5/h20,23,26-32,36-37H,6-19,21-22,24H2,1-5H3/t26-,27-,28+,29+,30+,31+,32+/m1/s1. The Kier molecular flexibility index (Phi) is 17.2. The first-order chi connectivity index (χ1) is 20.0. The number of carbonyl (C=O) groups excluding carboxylic acids is 2. The molecule has 2 heterocycles. The Hall–Kier alpha value is -1.48. The van der Waals surface area contributed by atoms with Crippen LogP contribution in [0.25, 0.3) is 0 Å². The topological polar surface area (TPSA) is 112 Å². The molecule has 8 nitrogen and oxygen atoms in total. The molecule has 2 fully saturated rings. The second-order valence-corrected chi connectivity index (χ2v) is 13.3. The minimum atomic E-state index is -0.857. The van der Waals surface area contributed by atoms with Gasteiger partial charge in [0.15, 0.2) is 0 Å². The van der Waals surface area contributed by atoms with Crippen LogP contribution in [0.3, 0.4) is 0 Å². The molecule has 0 radical (unpaired) electrons. The predicted octanol–water partition coefficient (Wildman–Crippen LogP) is 6.58. The van der Waals surface area contributed by atoms with Crippen LogP contribution in [-0.2, 0) is 28.5 Å². The average molecular weight is 597 g/mol. The van der Waals surface area contributed by atoms with Gasteiger partial charge in [-0.2, -0.15) is 0 Å². The van der Waals surface area contributed by atoms with Crippen molar-refractivity contribution in [2.75, 3.05) is 6.61 Å². The average Bonchev–Trinajstić information content (AvgIpc) is 3.41. The van der Waals surface area contributed by atoms with E-state index in [0.29, 0.717) is 19.4 Å². The highest BCUT2D eigenvalue weighted by Crippen LogP contribution is 2.29. The van der Waals surface area contributed by atoms with Crippen LogP contribution in [0.2, 0.25) is 0 Å². The molecule has 0 aromatic carbocycles. The zero-order valence-electron chi connectivity index (χ0n) is 27.1. The van der Waals surface area contributed by atoms with Gasteiger partial charge in [0.1, 0.15) is 6.10 Å². The molecule has 0 spiro atoms. The number of rotatable bonds is 19. The summed E-state index contributed by atoms with van der Waals surface area (Å²) in [5.41, 5.74) is -0.492. The smallest absolute Gasteiger partial charge is 0.311 e. The van der Waals surface area contributed by atoms with E-state index in [0.717, 1.165) is 51.4 Å². The van der Waals surface area contributed by atoms with Crippen LogP contribution in [0.5, 0.6) is 0 Å². The van der Waals surface area contributed by atoms with E-state index >= 15 is 0 Å². The first kappa shape index (κ1) is 36.7. The molecule has 2 rings (SSSR count). The fraction of sp³-hybridized carbons (Fsp3) is 0.882. The summed E-state index contributed by atoms with van der Waals surface area (Å²) < 4.78 is 23.3. The molecule has 2 N–H and O–H groups in total. The molecule has 0 bridgehead atoms. The number of ether oxygens (including phenoxy) is 4. The maximum Gasteiger partial charge on any atom is 0.311 e. The molecule has 0 aromatic rings. The SMILES string of the molecule is CCCCCCCCCC[C@@H]1O[C@H]([C@@H](O)C=C[C@H](OC(C)=O)[C@@H]2CC[C@@H](CCCCOC(=O)C(C)(C)C)O2)CC[C@H]1O. The third-order valence-corrected chi connectivity index (χ3v) is 8.32. The van der Waals surface area contributed by atoms with Crippen molar-refractivity contribution >= 4 is 11.9 Å². The molecule has 0 aliphatic carbocycles. The van der Waals surface area contributed by atoms with Gasteiger partial charge in [0, 0.05) is 6.92 Å². The summed E-state index contributed by atoms with van der Waals surface area (Å²) in [5.74, 6) is -0.582. The third-order valence-electron chi connectivity index (χ3n) is 8.32. The fourth-order valence-corrected chi connectivity index (χ4v) is 5.72. The summed E-state index contributed by atoms with van der Waals surface area (Å²) in [6, 6.07) is 0. The van der Waals surface area contributed by atoms with E-state index in [2.05, 4.69) is 6.92 Å². The van der Waals surface area contributed by atoms with Crippen molar-refractivity contribution in [3.8, 4) is 0 Å². The van der Waals surface area contributed by atoms with Crippen molar-refractivity contribution < 1.29 is 38.7 Å². The molecule has 8 heteroatoms. The largest absolute Gasteiger partial charge is 0.465 e. The van der Waals surface area contributed by atoms with Gasteiger partial charge in [-0.15, -0.1) is 0 Å². The third kappa shape index (κ3) is 14.3. The van der Waals surface area contributed by atoms with Gasteiger partial charge < -0.3 is 29.2 Å². The first-order valence-electron chi connectivity index (χ1n) is 16.7. The maximum absolute atomic E-state index is 11.9. The summed E-state index contributed by atoms with van der Waals surface area (Å²) in [4.78, 5) is 23.7. The zero-order valence-corrected chi connectivity index (χ0v) is 27.1. The molecule has 0 unspecified atom stereocenters. The van der Waals surface area contributed by atoms with E-state index in [1.165, 1.54) is 45.4 Å². The number of aliphatic hydroxyl groups is 2. The van der Waals surface area contributed by atoms with Crippen LogP contribution < -0.4 is 0 Å². The van der Waals surface area contributed by atoms with Gasteiger partial charge in [-0.25, -0.2) is 0 Å².